The number of hydrogen-bond acceptors (Lipinski definition) is 7. The molecule has 0 saturated carbocycles. The third-order valence-corrected chi connectivity index (χ3v) is 4.31. The predicted molar refractivity (Wildman–Crippen MR) is 112 cm³/mol. The van der Waals surface area contributed by atoms with Crippen LogP contribution in [0.4, 0.5) is 4.79 Å². The molecule has 0 spiro atoms. The van der Waals surface area contributed by atoms with Crippen LogP contribution >= 0.6 is 11.8 Å². The molecular weight excluding hydrogens is 394 g/mol. The van der Waals surface area contributed by atoms with Crippen molar-refractivity contribution < 1.29 is 28.7 Å². The smallest absolute Gasteiger partial charge is 0.451 e. The predicted octanol–water partition coefficient (Wildman–Crippen LogP) is 4.84. The van der Waals surface area contributed by atoms with Crippen LogP contribution < -0.4 is 4.74 Å². The van der Waals surface area contributed by atoms with Gasteiger partial charge in [-0.25, -0.2) is 9.59 Å². The summed E-state index contributed by atoms with van der Waals surface area (Å²) in [4.78, 5) is 43.1. The van der Waals surface area contributed by atoms with Gasteiger partial charge in [-0.3, -0.25) is 4.79 Å². The van der Waals surface area contributed by atoms with E-state index >= 15 is 0 Å². The monoisotopic (exact) mass is 425 g/mol. The van der Waals surface area contributed by atoms with Crippen molar-refractivity contribution in [2.24, 2.45) is 5.41 Å². The first kappa shape index (κ1) is 24.8. The van der Waals surface area contributed by atoms with Crippen LogP contribution in [0.25, 0.3) is 0 Å². The Labute approximate surface area is 177 Å². The van der Waals surface area contributed by atoms with Gasteiger partial charge in [-0.05, 0) is 50.5 Å². The van der Waals surface area contributed by atoms with Crippen LogP contribution in [-0.4, -0.2) is 41.5 Å². The lowest BCUT2D eigenvalue weighted by Crippen LogP contribution is -2.42. The summed E-state index contributed by atoms with van der Waals surface area (Å²) in [7, 11) is 1.59. The van der Waals surface area contributed by atoms with Gasteiger partial charge in [-0.1, -0.05) is 25.8 Å². The van der Waals surface area contributed by atoms with Gasteiger partial charge >= 0.3 is 12.1 Å². The van der Waals surface area contributed by atoms with E-state index in [1.807, 2.05) is 45.0 Å². The van der Waals surface area contributed by atoms with E-state index in [9.17, 15) is 14.4 Å². The zero-order valence-electron chi connectivity index (χ0n) is 18.2. The summed E-state index contributed by atoms with van der Waals surface area (Å²) < 4.78 is 10.3. The van der Waals surface area contributed by atoms with E-state index in [0.717, 1.165) is 10.6 Å². The van der Waals surface area contributed by atoms with Crippen LogP contribution in [0.1, 0.15) is 54.4 Å². The molecule has 162 valence electrons. The molecule has 0 atom stereocenters. The molecule has 0 aliphatic carbocycles. The van der Waals surface area contributed by atoms with Gasteiger partial charge in [0.25, 0.3) is 5.91 Å². The molecule has 0 radical (unpaired) electrons. The third kappa shape index (κ3) is 10.2. The van der Waals surface area contributed by atoms with E-state index in [4.69, 9.17) is 14.3 Å². The second-order valence-corrected chi connectivity index (χ2v) is 9.81. The number of amides is 2. The largest absolute Gasteiger partial charge is 0.497 e. The Morgan fingerprint density at radius 1 is 1.00 bits per heavy atom. The average Bonchev–Trinajstić information content (AvgIpc) is 2.57. The van der Waals surface area contributed by atoms with Crippen LogP contribution in [0.2, 0.25) is 0 Å². The highest BCUT2D eigenvalue weighted by Gasteiger charge is 2.32. The molecule has 1 rings (SSSR count). The molecule has 0 bridgehead atoms. The number of benzene rings is 1. The second-order valence-electron chi connectivity index (χ2n) is 8.64. The summed E-state index contributed by atoms with van der Waals surface area (Å²) in [5, 5.41) is 0.438. The fraction of sp³-hybridized carbons (Fsp3) is 0.571. The summed E-state index contributed by atoms with van der Waals surface area (Å²) in [6.45, 7) is 10.6. The van der Waals surface area contributed by atoms with Gasteiger partial charge in [0.1, 0.15) is 11.4 Å². The molecule has 0 aliphatic heterocycles. The fourth-order valence-corrected chi connectivity index (χ4v) is 2.93. The van der Waals surface area contributed by atoms with E-state index in [1.165, 1.54) is 11.8 Å². The number of nitrogens with zero attached hydrogens (tertiary/aromatic N) is 1. The maximum Gasteiger partial charge on any atom is 0.451 e. The number of methoxy groups -OCH3 is 1. The number of thioether (sulfide) groups is 1. The minimum atomic E-state index is -1.00. The van der Waals surface area contributed by atoms with Gasteiger partial charge in [0.05, 0.1) is 13.5 Å². The molecule has 7 nitrogen and oxygen atoms in total. The van der Waals surface area contributed by atoms with Gasteiger partial charge in [0.2, 0.25) is 0 Å². The first-order valence-corrected chi connectivity index (χ1v) is 10.3. The highest BCUT2D eigenvalue weighted by atomic mass is 32.2. The van der Waals surface area contributed by atoms with E-state index in [2.05, 4.69) is 0 Å². The van der Waals surface area contributed by atoms with Crippen molar-refractivity contribution >= 4 is 29.7 Å². The molecule has 0 unspecified atom stereocenters. The Morgan fingerprint density at radius 2 is 1.59 bits per heavy atom. The summed E-state index contributed by atoms with van der Waals surface area (Å²) in [6, 6.07) is 7.41. The van der Waals surface area contributed by atoms with Crippen LogP contribution in [0, 0.1) is 5.41 Å². The lowest BCUT2D eigenvalue weighted by molar-refractivity contribution is -0.193. The van der Waals surface area contributed by atoms with Gasteiger partial charge in [0, 0.05) is 17.1 Å². The van der Waals surface area contributed by atoms with E-state index in [-0.39, 0.29) is 18.3 Å². The fourth-order valence-electron chi connectivity index (χ4n) is 2.09. The molecule has 2 amide bonds. The Bertz CT molecular complexity index is 703. The lowest BCUT2D eigenvalue weighted by atomic mass is 9.93. The van der Waals surface area contributed by atoms with E-state index in [1.54, 1.807) is 27.9 Å². The molecule has 0 N–H and O–H groups in total. The summed E-state index contributed by atoms with van der Waals surface area (Å²) >= 11 is 1.44. The van der Waals surface area contributed by atoms with Crippen LogP contribution in [-0.2, 0) is 19.2 Å². The number of carbonyl (C=O) groups is 3. The Morgan fingerprint density at radius 3 is 2.07 bits per heavy atom. The number of hydrogen-bond donors (Lipinski definition) is 0. The van der Waals surface area contributed by atoms with Crippen molar-refractivity contribution in [1.29, 1.82) is 0 Å². The number of hydroxylamine groups is 2. The summed E-state index contributed by atoms with van der Waals surface area (Å²) in [5.74, 6) is -0.157. The van der Waals surface area contributed by atoms with E-state index < -0.39 is 23.6 Å². The first-order valence-electron chi connectivity index (χ1n) is 9.34. The summed E-state index contributed by atoms with van der Waals surface area (Å²) in [5.41, 5.74) is -1.17. The van der Waals surface area contributed by atoms with Crippen molar-refractivity contribution in [3.8, 4) is 5.75 Å². The van der Waals surface area contributed by atoms with Crippen molar-refractivity contribution in [3.63, 3.8) is 0 Å². The molecule has 1 aromatic rings. The zero-order valence-corrected chi connectivity index (χ0v) is 19.1. The lowest BCUT2D eigenvalue weighted by Gasteiger charge is -2.26. The van der Waals surface area contributed by atoms with Gasteiger partial charge in [-0.15, -0.1) is 11.8 Å². The normalized spacial score (nSPS) is 11.6. The SMILES string of the molecule is COc1ccc(SCCC(=O)N(OC(=O)CC(C)(C)C)C(=O)OC(C)(C)C)cc1. The first-order chi connectivity index (χ1) is 13.3. The molecular formula is C21H31NO6S. The Kier molecular flexibility index (Phi) is 9.01. The number of imide groups is 1. The second kappa shape index (κ2) is 10.5. The molecule has 0 heterocycles. The van der Waals surface area contributed by atoms with Crippen LogP contribution in [0.5, 0.6) is 5.75 Å². The van der Waals surface area contributed by atoms with Crippen molar-refractivity contribution in [1.82, 2.24) is 5.06 Å². The number of carbonyl (C=O) groups excluding carboxylic acids is 3. The quantitative estimate of drug-likeness (QED) is 0.476. The standard InChI is InChI=1S/C21H31NO6S/c1-20(2,3)14-18(24)28-22(19(25)27-21(4,5)6)17(23)12-13-29-16-10-8-15(26-7)9-11-16/h8-11H,12-14H2,1-7H3. The Hall–Kier alpha value is -2.22. The van der Waals surface area contributed by atoms with Gasteiger partial charge in [0.15, 0.2) is 0 Å². The van der Waals surface area contributed by atoms with Crippen molar-refractivity contribution in [2.75, 3.05) is 12.9 Å². The molecule has 0 fully saturated rings. The number of ether oxygens (including phenoxy) is 2. The molecule has 0 aromatic heterocycles. The maximum absolute atomic E-state index is 12.6. The highest BCUT2D eigenvalue weighted by molar-refractivity contribution is 7.99. The summed E-state index contributed by atoms with van der Waals surface area (Å²) in [6.07, 6.45) is -0.946. The minimum absolute atomic E-state index is 0.00125. The Balaban J connectivity index is 2.74. The number of rotatable bonds is 6. The minimum Gasteiger partial charge on any atom is -0.497 e. The maximum atomic E-state index is 12.6. The molecule has 29 heavy (non-hydrogen) atoms. The molecule has 8 heteroatoms. The zero-order chi connectivity index (χ0) is 22.2. The van der Waals surface area contributed by atoms with Gasteiger partial charge in [-0.2, -0.15) is 0 Å². The molecule has 0 aliphatic rings. The average molecular weight is 426 g/mol. The molecule has 0 saturated heterocycles. The van der Waals surface area contributed by atoms with E-state index in [0.29, 0.717) is 10.8 Å². The topological polar surface area (TPSA) is 82.1 Å². The van der Waals surface area contributed by atoms with Crippen LogP contribution in [0.3, 0.4) is 0 Å². The third-order valence-electron chi connectivity index (χ3n) is 3.30. The highest BCUT2D eigenvalue weighted by Crippen LogP contribution is 2.23. The molecule has 1 aromatic carbocycles. The van der Waals surface area contributed by atoms with Gasteiger partial charge < -0.3 is 14.3 Å². The van der Waals surface area contributed by atoms with Crippen molar-refractivity contribution in [2.45, 2.75) is 64.9 Å². The van der Waals surface area contributed by atoms with Crippen molar-refractivity contribution in [3.05, 3.63) is 24.3 Å². The van der Waals surface area contributed by atoms with Crippen LogP contribution in [0.15, 0.2) is 29.2 Å².